The lowest BCUT2D eigenvalue weighted by atomic mass is 10.2. The molecule has 0 fully saturated rings. The van der Waals surface area contributed by atoms with Gasteiger partial charge in [-0.3, -0.25) is 4.40 Å². The third-order valence-corrected chi connectivity index (χ3v) is 3.48. The Labute approximate surface area is 126 Å². The number of nitrogen functional groups attached to an aromatic ring is 1. The zero-order valence-corrected chi connectivity index (χ0v) is 12.2. The van der Waals surface area contributed by atoms with Gasteiger partial charge >= 0.3 is 0 Å². The van der Waals surface area contributed by atoms with Gasteiger partial charge in [0.2, 0.25) is 0 Å². The molecule has 0 radical (unpaired) electrons. The molecule has 0 saturated heterocycles. The molecule has 0 amide bonds. The maximum Gasteiger partial charge on any atom is 0.181 e. The number of hydrogen-bond donors (Lipinski definition) is 1. The number of halogens is 2. The molecule has 0 spiro atoms. The van der Waals surface area contributed by atoms with Crippen LogP contribution in [0.4, 0.5) is 14.6 Å². The molecule has 0 aliphatic carbocycles. The first-order chi connectivity index (χ1) is 10.5. The maximum absolute atomic E-state index is 13.7. The summed E-state index contributed by atoms with van der Waals surface area (Å²) in [6, 6.07) is 5.48. The molecular weight excluding hydrogens is 288 g/mol. The van der Waals surface area contributed by atoms with Crippen LogP contribution in [0.15, 0.2) is 30.5 Å². The molecule has 0 atom stereocenters. The van der Waals surface area contributed by atoms with Crippen LogP contribution >= 0.6 is 0 Å². The van der Waals surface area contributed by atoms with Gasteiger partial charge in [0.15, 0.2) is 11.4 Å². The minimum atomic E-state index is -0.636. The van der Waals surface area contributed by atoms with E-state index in [1.807, 2.05) is 13.1 Å². The van der Waals surface area contributed by atoms with Crippen LogP contribution in [0.2, 0.25) is 0 Å². The number of nitrogens with two attached hydrogens (primary N) is 1. The van der Waals surface area contributed by atoms with E-state index < -0.39 is 11.6 Å². The highest BCUT2D eigenvalue weighted by atomic mass is 19.1. The highest BCUT2D eigenvalue weighted by molar-refractivity contribution is 5.62. The Morgan fingerprint density at radius 2 is 1.91 bits per heavy atom. The van der Waals surface area contributed by atoms with Crippen LogP contribution in [0.3, 0.4) is 0 Å². The summed E-state index contributed by atoms with van der Waals surface area (Å²) in [7, 11) is 0. The summed E-state index contributed by atoms with van der Waals surface area (Å²) < 4.78 is 34.6. The second-order valence-corrected chi connectivity index (χ2v) is 5.15. The van der Waals surface area contributed by atoms with Gasteiger partial charge in [0.05, 0.1) is 11.3 Å². The Morgan fingerprint density at radius 3 is 2.59 bits per heavy atom. The summed E-state index contributed by atoms with van der Waals surface area (Å²) in [5, 5.41) is 0. The summed E-state index contributed by atoms with van der Waals surface area (Å²) in [5.41, 5.74) is 7.95. The van der Waals surface area contributed by atoms with Crippen molar-refractivity contribution in [2.24, 2.45) is 0 Å². The largest absolute Gasteiger partial charge is 0.485 e. The van der Waals surface area contributed by atoms with Crippen molar-refractivity contribution < 1.29 is 13.5 Å². The van der Waals surface area contributed by atoms with E-state index in [0.29, 0.717) is 22.9 Å². The van der Waals surface area contributed by atoms with E-state index in [4.69, 9.17) is 10.5 Å². The van der Waals surface area contributed by atoms with E-state index in [1.165, 1.54) is 18.2 Å². The third kappa shape index (κ3) is 2.36. The van der Waals surface area contributed by atoms with Crippen molar-refractivity contribution in [1.82, 2.24) is 9.38 Å². The first-order valence-corrected chi connectivity index (χ1v) is 6.78. The smallest absolute Gasteiger partial charge is 0.181 e. The zero-order chi connectivity index (χ0) is 15.9. The van der Waals surface area contributed by atoms with Crippen molar-refractivity contribution in [2.45, 2.75) is 20.5 Å². The van der Waals surface area contributed by atoms with E-state index in [2.05, 4.69) is 4.98 Å². The highest BCUT2D eigenvalue weighted by Crippen LogP contribution is 2.26. The predicted octanol–water partition coefficient (Wildman–Crippen LogP) is 3.39. The Hall–Kier alpha value is -2.63. The van der Waals surface area contributed by atoms with Crippen LogP contribution < -0.4 is 10.5 Å². The first-order valence-electron chi connectivity index (χ1n) is 6.78. The summed E-state index contributed by atoms with van der Waals surface area (Å²) in [6.45, 7) is 3.45. The molecule has 3 aromatic rings. The number of anilines is 1. The minimum absolute atomic E-state index is 0.113. The number of hydrogen-bond acceptors (Lipinski definition) is 3. The van der Waals surface area contributed by atoms with E-state index in [0.717, 1.165) is 5.56 Å². The SMILES string of the molecule is Cc1cc(OCc2c(F)cccc2F)c2nc(C)c(N)n2c1. The molecule has 0 bridgehead atoms. The molecule has 0 saturated carbocycles. The summed E-state index contributed by atoms with van der Waals surface area (Å²) in [4.78, 5) is 4.34. The topological polar surface area (TPSA) is 52.5 Å². The second-order valence-electron chi connectivity index (χ2n) is 5.15. The zero-order valence-electron chi connectivity index (χ0n) is 12.2. The molecule has 0 unspecified atom stereocenters. The Bertz CT molecular complexity index is 838. The number of fused-ring (bicyclic) bond motifs is 1. The van der Waals surface area contributed by atoms with Gasteiger partial charge in [-0.2, -0.15) is 0 Å². The second kappa shape index (κ2) is 5.29. The van der Waals surface area contributed by atoms with E-state index in [1.54, 1.807) is 17.4 Å². The highest BCUT2D eigenvalue weighted by Gasteiger charge is 2.14. The van der Waals surface area contributed by atoms with Crippen LogP contribution in [0.5, 0.6) is 5.75 Å². The number of ether oxygens (including phenoxy) is 1. The number of nitrogens with zero attached hydrogens (tertiary/aromatic N) is 2. The molecule has 0 aliphatic heterocycles. The quantitative estimate of drug-likeness (QED) is 0.807. The monoisotopic (exact) mass is 303 g/mol. The van der Waals surface area contributed by atoms with Crippen LogP contribution in [-0.4, -0.2) is 9.38 Å². The molecule has 2 N–H and O–H groups in total. The number of aromatic nitrogens is 2. The predicted molar refractivity (Wildman–Crippen MR) is 79.8 cm³/mol. The average molecular weight is 303 g/mol. The van der Waals surface area contributed by atoms with Crippen molar-refractivity contribution in [2.75, 3.05) is 5.73 Å². The third-order valence-electron chi connectivity index (χ3n) is 3.48. The van der Waals surface area contributed by atoms with Crippen LogP contribution in [0.25, 0.3) is 5.65 Å². The lowest BCUT2D eigenvalue weighted by molar-refractivity contribution is 0.294. The first kappa shape index (κ1) is 14.3. The van der Waals surface area contributed by atoms with Gasteiger partial charge in [0.25, 0.3) is 0 Å². The van der Waals surface area contributed by atoms with Crippen LogP contribution in [-0.2, 0) is 6.61 Å². The lowest BCUT2D eigenvalue weighted by Crippen LogP contribution is -2.04. The minimum Gasteiger partial charge on any atom is -0.485 e. The number of imidazole rings is 1. The average Bonchev–Trinajstić information content (AvgIpc) is 2.74. The van der Waals surface area contributed by atoms with Gasteiger partial charge in [0, 0.05) is 6.20 Å². The molecular formula is C16H15F2N3O. The molecule has 1 aromatic carbocycles. The Morgan fingerprint density at radius 1 is 1.23 bits per heavy atom. The van der Waals surface area contributed by atoms with Gasteiger partial charge in [-0.1, -0.05) is 6.07 Å². The van der Waals surface area contributed by atoms with E-state index in [9.17, 15) is 8.78 Å². The molecule has 4 nitrogen and oxygen atoms in total. The molecule has 114 valence electrons. The number of rotatable bonds is 3. The van der Waals surface area contributed by atoms with Crippen LogP contribution in [0, 0.1) is 25.5 Å². The standard InChI is InChI=1S/C16H15F2N3O/c1-9-6-14(16-20-10(2)15(19)21(16)7-9)22-8-11-12(17)4-3-5-13(11)18/h3-7H,8,19H2,1-2H3. The summed E-state index contributed by atoms with van der Waals surface area (Å²) >= 11 is 0. The number of aryl methyl sites for hydroxylation is 2. The molecule has 0 aliphatic rings. The van der Waals surface area contributed by atoms with Crippen molar-refractivity contribution in [1.29, 1.82) is 0 Å². The van der Waals surface area contributed by atoms with Crippen molar-refractivity contribution in [3.05, 3.63) is 58.9 Å². The molecule has 6 heteroatoms. The molecule has 3 rings (SSSR count). The van der Waals surface area contributed by atoms with Crippen LogP contribution in [0.1, 0.15) is 16.8 Å². The van der Waals surface area contributed by atoms with E-state index in [-0.39, 0.29) is 12.2 Å². The Kier molecular flexibility index (Phi) is 3.44. The van der Waals surface area contributed by atoms with Crippen molar-refractivity contribution in [3.8, 4) is 5.75 Å². The normalized spacial score (nSPS) is 11.1. The molecule has 2 heterocycles. The van der Waals surface area contributed by atoms with Gasteiger partial charge in [-0.05, 0) is 37.6 Å². The molecule has 22 heavy (non-hydrogen) atoms. The fraction of sp³-hybridized carbons (Fsp3) is 0.188. The lowest BCUT2D eigenvalue weighted by Gasteiger charge is -2.10. The van der Waals surface area contributed by atoms with Crippen molar-refractivity contribution in [3.63, 3.8) is 0 Å². The van der Waals surface area contributed by atoms with Crippen molar-refractivity contribution >= 4 is 11.5 Å². The number of benzene rings is 1. The van der Waals surface area contributed by atoms with Gasteiger partial charge in [-0.25, -0.2) is 13.8 Å². The molecule has 2 aromatic heterocycles. The summed E-state index contributed by atoms with van der Waals surface area (Å²) in [5.74, 6) is -0.325. The number of pyridine rings is 1. The summed E-state index contributed by atoms with van der Waals surface area (Å²) in [6.07, 6.45) is 1.83. The van der Waals surface area contributed by atoms with Gasteiger partial charge in [-0.15, -0.1) is 0 Å². The maximum atomic E-state index is 13.7. The van der Waals surface area contributed by atoms with Gasteiger partial charge < -0.3 is 10.5 Å². The van der Waals surface area contributed by atoms with E-state index >= 15 is 0 Å². The van der Waals surface area contributed by atoms with Gasteiger partial charge in [0.1, 0.15) is 24.1 Å². The fourth-order valence-corrected chi connectivity index (χ4v) is 2.30. The fourth-order valence-electron chi connectivity index (χ4n) is 2.30. The Balaban J connectivity index is 1.99.